The summed E-state index contributed by atoms with van der Waals surface area (Å²) in [4.78, 5) is 20.7. The first-order valence-electron chi connectivity index (χ1n) is 9.47. The van der Waals surface area contributed by atoms with Crippen molar-refractivity contribution >= 4 is 23.4 Å². The first-order chi connectivity index (χ1) is 14.7. The topological polar surface area (TPSA) is 93.3 Å². The lowest BCUT2D eigenvalue weighted by Gasteiger charge is -2.13. The molecule has 0 aliphatic carbocycles. The zero-order valence-corrected chi connectivity index (χ0v) is 17.4. The molecule has 0 bridgehead atoms. The molecular weight excluding hydrogens is 402 g/mol. The van der Waals surface area contributed by atoms with Gasteiger partial charge in [-0.15, -0.1) is 0 Å². The van der Waals surface area contributed by atoms with Crippen molar-refractivity contribution in [3.63, 3.8) is 0 Å². The predicted octanol–water partition coefficient (Wildman–Crippen LogP) is 5.45. The van der Waals surface area contributed by atoms with Crippen LogP contribution in [0, 0.1) is 0 Å². The Hall–Kier alpha value is -3.39. The second-order valence-electron chi connectivity index (χ2n) is 6.45. The fourth-order valence-corrected chi connectivity index (χ4v) is 3.86. The molecule has 0 aliphatic rings. The number of nitrogens with zero attached hydrogens (tertiary/aromatic N) is 1. The summed E-state index contributed by atoms with van der Waals surface area (Å²) in [5, 5.41) is 3.24. The molecule has 0 fully saturated rings. The van der Waals surface area contributed by atoms with E-state index in [-0.39, 0.29) is 11.2 Å². The first-order valence-corrected chi connectivity index (χ1v) is 10.3. The van der Waals surface area contributed by atoms with Gasteiger partial charge in [0, 0.05) is 5.69 Å². The van der Waals surface area contributed by atoms with Gasteiger partial charge in [-0.1, -0.05) is 18.7 Å². The van der Waals surface area contributed by atoms with Crippen LogP contribution >= 0.6 is 11.8 Å². The largest absolute Gasteiger partial charge is 0.497 e. The molecule has 8 heteroatoms. The molecule has 0 saturated heterocycles. The first kappa shape index (κ1) is 19.9. The maximum absolute atomic E-state index is 12.8. The highest BCUT2D eigenvalue weighted by Crippen LogP contribution is 2.35. The van der Waals surface area contributed by atoms with Gasteiger partial charge in [0.05, 0.1) is 24.9 Å². The molecule has 0 spiro atoms. The number of rotatable bonds is 8. The quantitative estimate of drug-likeness (QED) is 0.366. The zero-order chi connectivity index (χ0) is 20.9. The van der Waals surface area contributed by atoms with Crippen molar-refractivity contribution in [1.82, 2.24) is 9.97 Å². The monoisotopic (exact) mass is 423 g/mol. The molecule has 4 rings (SSSR count). The number of furan rings is 2. The molecule has 1 unspecified atom stereocenters. The molecule has 3 aromatic heterocycles. The molecule has 1 amide bonds. The standard InChI is InChI=1S/C22H21N3O4S/c1-3-18(21(26)23-14-8-10-15(27-2)11-9-14)30-22-24-19(16-6-4-12-28-16)20(25-22)17-7-5-13-29-17/h4-13,18H,3H2,1-2H3,(H,23,26)(H,24,25). The second kappa shape index (κ2) is 8.96. The summed E-state index contributed by atoms with van der Waals surface area (Å²) in [5.74, 6) is 1.92. The Morgan fingerprint density at radius 2 is 1.83 bits per heavy atom. The summed E-state index contributed by atoms with van der Waals surface area (Å²) >= 11 is 1.37. The van der Waals surface area contributed by atoms with Crippen LogP contribution in [0.1, 0.15) is 13.3 Å². The molecule has 2 N–H and O–H groups in total. The Labute approximate surface area is 177 Å². The summed E-state index contributed by atoms with van der Waals surface area (Å²) in [5.41, 5.74) is 2.07. The number of methoxy groups -OCH3 is 1. The van der Waals surface area contributed by atoms with E-state index < -0.39 is 0 Å². The number of nitrogens with one attached hydrogen (secondary N) is 2. The number of anilines is 1. The lowest BCUT2D eigenvalue weighted by atomic mass is 10.2. The van der Waals surface area contributed by atoms with E-state index in [2.05, 4.69) is 15.3 Å². The maximum atomic E-state index is 12.8. The second-order valence-corrected chi connectivity index (χ2v) is 7.64. The highest BCUT2D eigenvalue weighted by atomic mass is 32.2. The number of thioether (sulfide) groups is 1. The van der Waals surface area contributed by atoms with E-state index in [0.717, 1.165) is 5.75 Å². The number of carbonyl (C=O) groups is 1. The van der Waals surface area contributed by atoms with Crippen molar-refractivity contribution < 1.29 is 18.4 Å². The van der Waals surface area contributed by atoms with Crippen LogP contribution in [0.15, 0.2) is 75.0 Å². The number of amides is 1. The Balaban J connectivity index is 1.54. The predicted molar refractivity (Wildman–Crippen MR) is 116 cm³/mol. The normalized spacial score (nSPS) is 11.9. The van der Waals surface area contributed by atoms with E-state index >= 15 is 0 Å². The summed E-state index contributed by atoms with van der Waals surface area (Å²) in [6.45, 7) is 1.97. The third kappa shape index (κ3) is 4.28. The fraction of sp³-hybridized carbons (Fsp3) is 0.182. The summed E-state index contributed by atoms with van der Waals surface area (Å²) in [6.07, 6.45) is 3.84. The molecule has 0 saturated carbocycles. The Kier molecular flexibility index (Phi) is 5.94. The summed E-state index contributed by atoms with van der Waals surface area (Å²) in [6, 6.07) is 14.5. The molecule has 4 aromatic rings. The van der Waals surface area contributed by atoms with Gasteiger partial charge in [0.15, 0.2) is 16.7 Å². The molecule has 1 aromatic carbocycles. The van der Waals surface area contributed by atoms with Crippen molar-refractivity contribution in [3.05, 3.63) is 61.1 Å². The number of aromatic nitrogens is 2. The Morgan fingerprint density at radius 1 is 1.13 bits per heavy atom. The number of hydrogen-bond acceptors (Lipinski definition) is 6. The van der Waals surface area contributed by atoms with E-state index in [1.165, 1.54) is 11.8 Å². The third-order valence-electron chi connectivity index (χ3n) is 4.48. The van der Waals surface area contributed by atoms with Crippen LogP contribution < -0.4 is 10.1 Å². The SMILES string of the molecule is CCC(Sc1nc(-c2ccco2)c(-c2ccco2)[nH]1)C(=O)Nc1ccc(OC)cc1. The van der Waals surface area contributed by atoms with Crippen LogP contribution in [-0.2, 0) is 4.79 Å². The maximum Gasteiger partial charge on any atom is 0.237 e. The van der Waals surface area contributed by atoms with Crippen LogP contribution in [-0.4, -0.2) is 28.2 Å². The van der Waals surface area contributed by atoms with Crippen molar-refractivity contribution in [2.75, 3.05) is 12.4 Å². The van der Waals surface area contributed by atoms with E-state index in [0.29, 0.717) is 40.2 Å². The van der Waals surface area contributed by atoms with Gasteiger partial charge in [0.25, 0.3) is 0 Å². The van der Waals surface area contributed by atoms with E-state index in [4.69, 9.17) is 13.6 Å². The minimum Gasteiger partial charge on any atom is -0.497 e. The number of benzene rings is 1. The van der Waals surface area contributed by atoms with Crippen LogP contribution in [0.3, 0.4) is 0 Å². The average molecular weight is 423 g/mol. The smallest absolute Gasteiger partial charge is 0.237 e. The van der Waals surface area contributed by atoms with E-state index in [9.17, 15) is 4.79 Å². The molecule has 1 atom stereocenters. The van der Waals surface area contributed by atoms with Crippen LogP contribution in [0.4, 0.5) is 5.69 Å². The van der Waals surface area contributed by atoms with Crippen molar-refractivity contribution in [2.24, 2.45) is 0 Å². The third-order valence-corrected chi connectivity index (χ3v) is 5.73. The van der Waals surface area contributed by atoms with Crippen LogP contribution in [0.5, 0.6) is 5.75 Å². The number of H-pyrrole nitrogens is 1. The van der Waals surface area contributed by atoms with Gasteiger partial charge in [-0.05, 0) is 55.0 Å². The molecule has 30 heavy (non-hydrogen) atoms. The lowest BCUT2D eigenvalue weighted by molar-refractivity contribution is -0.115. The molecule has 7 nitrogen and oxygen atoms in total. The van der Waals surface area contributed by atoms with Gasteiger partial charge >= 0.3 is 0 Å². The number of carbonyl (C=O) groups excluding carboxylic acids is 1. The van der Waals surface area contributed by atoms with Gasteiger partial charge in [-0.3, -0.25) is 4.79 Å². The van der Waals surface area contributed by atoms with Gasteiger partial charge in [0.2, 0.25) is 5.91 Å². The molecule has 154 valence electrons. The minimum absolute atomic E-state index is 0.0943. The zero-order valence-electron chi connectivity index (χ0n) is 16.5. The van der Waals surface area contributed by atoms with Crippen molar-refractivity contribution in [3.8, 4) is 28.7 Å². The molecule has 0 radical (unpaired) electrons. The molecular formula is C22H21N3O4S. The van der Waals surface area contributed by atoms with E-state index in [1.54, 1.807) is 25.7 Å². The van der Waals surface area contributed by atoms with Crippen LogP contribution in [0.25, 0.3) is 22.9 Å². The highest BCUT2D eigenvalue weighted by molar-refractivity contribution is 8.00. The number of ether oxygens (including phenoxy) is 1. The van der Waals surface area contributed by atoms with Crippen LogP contribution in [0.2, 0.25) is 0 Å². The van der Waals surface area contributed by atoms with Gasteiger partial charge in [-0.2, -0.15) is 0 Å². The Bertz CT molecular complexity index is 1030. The molecule has 3 heterocycles. The number of imidazole rings is 1. The number of hydrogen-bond donors (Lipinski definition) is 2. The fourth-order valence-electron chi connectivity index (χ4n) is 2.95. The highest BCUT2D eigenvalue weighted by Gasteiger charge is 2.23. The lowest BCUT2D eigenvalue weighted by Crippen LogP contribution is -2.24. The van der Waals surface area contributed by atoms with Crippen molar-refractivity contribution in [1.29, 1.82) is 0 Å². The van der Waals surface area contributed by atoms with E-state index in [1.807, 2.05) is 49.4 Å². The van der Waals surface area contributed by atoms with Gasteiger partial charge in [-0.25, -0.2) is 4.98 Å². The summed E-state index contributed by atoms with van der Waals surface area (Å²) in [7, 11) is 1.61. The average Bonchev–Trinajstić information content (AvgIpc) is 3.53. The minimum atomic E-state index is -0.327. The number of aromatic amines is 1. The summed E-state index contributed by atoms with van der Waals surface area (Å²) < 4.78 is 16.2. The molecule has 0 aliphatic heterocycles. The van der Waals surface area contributed by atoms with Crippen molar-refractivity contribution in [2.45, 2.75) is 23.8 Å². The Morgan fingerprint density at radius 3 is 2.43 bits per heavy atom. The van der Waals surface area contributed by atoms with Gasteiger partial charge < -0.3 is 23.9 Å². The van der Waals surface area contributed by atoms with Gasteiger partial charge in [0.1, 0.15) is 17.1 Å².